The SMILES string of the molecule is Cl.Cl.[CH2]=[Zr].[c-]1ccc[pH]1.[c-]1ccccc1.[c-]1ccccc1.[c-]1ccccc1.c1ccc2[cH-]ccc2c1. The summed E-state index contributed by atoms with van der Waals surface area (Å²) in [5.41, 5.74) is 0. The number of benzene rings is 4. The maximum atomic E-state index is 3.34. The van der Waals surface area contributed by atoms with Gasteiger partial charge in [0.05, 0.1) is 0 Å². The molecule has 0 amide bonds. The maximum Gasteiger partial charge on any atom is -0.0809 e. The van der Waals surface area contributed by atoms with Crippen molar-refractivity contribution >= 4 is 48.0 Å². The van der Waals surface area contributed by atoms with E-state index in [-0.39, 0.29) is 24.8 Å². The summed E-state index contributed by atoms with van der Waals surface area (Å²) in [7, 11) is 0.823. The van der Waals surface area contributed by atoms with E-state index < -0.39 is 0 Å². The van der Waals surface area contributed by atoms with Crippen molar-refractivity contribution < 1.29 is 24.2 Å². The van der Waals surface area contributed by atoms with Gasteiger partial charge in [0.1, 0.15) is 0 Å². The van der Waals surface area contributed by atoms with E-state index in [1.165, 1.54) is 35.0 Å². The first-order chi connectivity index (χ1) is 17.0. The first-order valence-electron chi connectivity index (χ1n) is 10.7. The molecule has 6 rings (SSSR count). The predicted molar refractivity (Wildman–Crippen MR) is 162 cm³/mol. The molecule has 1 unspecified atom stereocenters. The summed E-state index contributed by atoms with van der Waals surface area (Å²) in [6, 6.07) is 56.1. The average Bonchev–Trinajstić information content (AvgIpc) is 3.70. The van der Waals surface area contributed by atoms with Crippen molar-refractivity contribution in [2.24, 2.45) is 0 Å². The Morgan fingerprint density at radius 1 is 0.556 bits per heavy atom. The number of halogens is 2. The van der Waals surface area contributed by atoms with Crippen molar-refractivity contribution in [3.05, 3.63) is 175 Å². The molecule has 0 aliphatic carbocycles. The zero-order valence-electron chi connectivity index (χ0n) is 20.0. The van der Waals surface area contributed by atoms with Gasteiger partial charge in [-0.05, 0) is 0 Å². The monoisotopic (exact) mass is 605 g/mol. The van der Waals surface area contributed by atoms with Gasteiger partial charge in [-0.2, -0.15) is 144 Å². The van der Waals surface area contributed by atoms with Crippen molar-refractivity contribution in [2.45, 2.75) is 0 Å². The Kier molecular flexibility index (Phi) is 28.6. The number of hydrogen-bond acceptors (Lipinski definition) is 0. The Morgan fingerprint density at radius 3 is 1.31 bits per heavy atom. The van der Waals surface area contributed by atoms with Crippen LogP contribution < -0.4 is 0 Å². The Hall–Kier alpha value is -2.40. The van der Waals surface area contributed by atoms with Gasteiger partial charge < -0.3 is 0 Å². The van der Waals surface area contributed by atoms with E-state index >= 15 is 0 Å². The van der Waals surface area contributed by atoms with E-state index in [2.05, 4.69) is 76.5 Å². The first-order valence-corrected chi connectivity index (χ1v) is 13.5. The molecule has 0 saturated heterocycles. The molecule has 0 saturated carbocycles. The second-order valence-electron chi connectivity index (χ2n) is 6.20. The van der Waals surface area contributed by atoms with E-state index in [0.717, 1.165) is 8.19 Å². The van der Waals surface area contributed by atoms with Gasteiger partial charge in [0.2, 0.25) is 0 Å². The van der Waals surface area contributed by atoms with Crippen molar-refractivity contribution in [1.29, 1.82) is 0 Å². The molecular weight excluding hydrogens is 577 g/mol. The number of hydrogen-bond donors (Lipinski definition) is 0. The van der Waals surface area contributed by atoms with Crippen LogP contribution in [0.1, 0.15) is 0 Å². The van der Waals surface area contributed by atoms with Gasteiger partial charge in [-0.15, -0.1) is 54.5 Å². The summed E-state index contributed by atoms with van der Waals surface area (Å²) < 4.78 is 3.34. The fourth-order valence-electron chi connectivity index (χ4n) is 2.34. The van der Waals surface area contributed by atoms with Crippen molar-refractivity contribution in [1.82, 2.24) is 0 Å². The largest absolute Gasteiger partial charge is 0.271 e. The van der Waals surface area contributed by atoms with Crippen LogP contribution in [0.25, 0.3) is 10.8 Å². The van der Waals surface area contributed by atoms with E-state index in [1.807, 2.05) is 103 Å². The molecular formula is C32H30Cl2PZr-5. The van der Waals surface area contributed by atoms with E-state index in [1.54, 1.807) is 0 Å². The van der Waals surface area contributed by atoms with E-state index in [4.69, 9.17) is 0 Å². The summed E-state index contributed by atoms with van der Waals surface area (Å²) in [6.07, 6.45) is 0. The summed E-state index contributed by atoms with van der Waals surface area (Å²) in [6.45, 7) is 0. The number of rotatable bonds is 0. The minimum absolute atomic E-state index is 0. The molecule has 36 heavy (non-hydrogen) atoms. The molecule has 1 atom stereocenters. The third kappa shape index (κ3) is 20.9. The van der Waals surface area contributed by atoms with E-state index in [0.29, 0.717) is 0 Å². The van der Waals surface area contributed by atoms with Crippen LogP contribution in [0.4, 0.5) is 0 Å². The molecule has 0 bridgehead atoms. The second kappa shape index (κ2) is 28.8. The van der Waals surface area contributed by atoms with Crippen LogP contribution in [-0.2, 0) is 24.2 Å². The fraction of sp³-hybridized carbons (Fsp3) is 0. The van der Waals surface area contributed by atoms with Crippen molar-refractivity contribution in [3.8, 4) is 0 Å². The molecule has 186 valence electrons. The van der Waals surface area contributed by atoms with Crippen LogP contribution in [0.3, 0.4) is 0 Å². The Balaban J connectivity index is 0. The molecule has 0 nitrogen and oxygen atoms in total. The Bertz CT molecular complexity index is 928. The summed E-state index contributed by atoms with van der Waals surface area (Å²) in [5, 5.41) is 2.66. The van der Waals surface area contributed by atoms with Crippen LogP contribution in [0.5, 0.6) is 0 Å². The molecule has 4 heteroatoms. The van der Waals surface area contributed by atoms with Crippen LogP contribution in [0.2, 0.25) is 0 Å². The van der Waals surface area contributed by atoms with Gasteiger partial charge in [-0.1, -0.05) is 6.07 Å². The molecule has 5 aromatic carbocycles. The van der Waals surface area contributed by atoms with Crippen molar-refractivity contribution in [3.63, 3.8) is 0 Å². The smallest absolute Gasteiger partial charge is 0.0809 e. The molecule has 6 aromatic rings. The van der Waals surface area contributed by atoms with Gasteiger partial charge in [0.15, 0.2) is 0 Å². The maximum absolute atomic E-state index is 3.34. The zero-order valence-corrected chi connectivity index (χ0v) is 25.0. The predicted octanol–water partition coefficient (Wildman–Crippen LogP) is 9.35. The van der Waals surface area contributed by atoms with Gasteiger partial charge >= 0.3 is 28.4 Å². The minimum atomic E-state index is 0. The van der Waals surface area contributed by atoms with E-state index in [9.17, 15) is 0 Å². The molecule has 0 radical (unpaired) electrons. The first kappa shape index (κ1) is 35.8. The number of fused-ring (bicyclic) bond motifs is 1. The minimum Gasteiger partial charge on any atom is -0.271 e. The molecule has 0 aliphatic rings. The summed E-state index contributed by atoms with van der Waals surface area (Å²) >= 11 is 1.30. The molecule has 0 fully saturated rings. The summed E-state index contributed by atoms with van der Waals surface area (Å²) in [4.78, 5) is 0. The molecule has 0 aliphatic heterocycles. The second-order valence-corrected chi connectivity index (χ2v) is 7.11. The molecule has 1 heterocycles. The van der Waals surface area contributed by atoms with Crippen LogP contribution in [0.15, 0.2) is 151 Å². The Labute approximate surface area is 246 Å². The average molecular weight is 608 g/mol. The Morgan fingerprint density at radius 2 is 1.03 bits per heavy atom. The standard InChI is InChI=1S/C9H7.3C6H5.C4H4P.CH2.2ClH.Zr/c1-2-5-9-7-3-6-8(9)4-1;3*1-2-4-6-5-3-1;1-2-4-5-3-1;;;;/h1-7H;3*1-5H;1-3,5H;1H2;2*1H;/q5*-1;;;;. The third-order valence-corrected chi connectivity index (χ3v) is 4.50. The van der Waals surface area contributed by atoms with Gasteiger partial charge in [-0.3, -0.25) is 8.19 Å². The molecule has 0 N–H and O–H groups in total. The van der Waals surface area contributed by atoms with Crippen LogP contribution >= 0.6 is 33.0 Å². The van der Waals surface area contributed by atoms with Crippen molar-refractivity contribution in [2.75, 3.05) is 0 Å². The third-order valence-electron chi connectivity index (χ3n) is 3.81. The fourth-order valence-corrected chi connectivity index (χ4v) is 2.82. The summed E-state index contributed by atoms with van der Waals surface area (Å²) in [5.74, 6) is 5.11. The normalized spacial score (nSPS) is 7.97. The van der Waals surface area contributed by atoms with Crippen LogP contribution in [-0.4, -0.2) is 4.21 Å². The molecule has 0 spiro atoms. The van der Waals surface area contributed by atoms with Gasteiger partial charge in [0.25, 0.3) is 0 Å². The van der Waals surface area contributed by atoms with Crippen LogP contribution in [0, 0.1) is 24.0 Å². The van der Waals surface area contributed by atoms with Gasteiger partial charge in [0, 0.05) is 0 Å². The van der Waals surface area contributed by atoms with Gasteiger partial charge in [-0.25, -0.2) is 6.07 Å². The quantitative estimate of drug-likeness (QED) is 0.151. The zero-order chi connectivity index (χ0) is 24.4. The topological polar surface area (TPSA) is 0 Å². The molecule has 1 aromatic heterocycles.